The molecule has 0 aliphatic heterocycles. The Labute approximate surface area is 95.7 Å². The highest BCUT2D eigenvalue weighted by molar-refractivity contribution is 5.85. The maximum absolute atomic E-state index is 12.5. The van der Waals surface area contributed by atoms with Crippen molar-refractivity contribution in [3.63, 3.8) is 0 Å². The van der Waals surface area contributed by atoms with E-state index in [1.54, 1.807) is 19.0 Å². The lowest BCUT2D eigenvalue weighted by atomic mass is 10.1. The summed E-state index contributed by atoms with van der Waals surface area (Å²) >= 11 is 0. The van der Waals surface area contributed by atoms with E-state index >= 15 is 0 Å². The molecule has 1 N–H and O–H groups in total. The van der Waals surface area contributed by atoms with Gasteiger partial charge in [-0.15, -0.1) is 0 Å². The van der Waals surface area contributed by atoms with Crippen LogP contribution in [0.3, 0.4) is 0 Å². The summed E-state index contributed by atoms with van der Waals surface area (Å²) in [5.74, 6) is -1.48. The summed E-state index contributed by atoms with van der Waals surface area (Å²) < 4.78 is 37.4. The van der Waals surface area contributed by atoms with E-state index in [9.17, 15) is 18.0 Å². The number of aromatic nitrogens is 1. The van der Waals surface area contributed by atoms with E-state index in [0.717, 1.165) is 12.1 Å². The Hall–Kier alpha value is -1.63. The van der Waals surface area contributed by atoms with Crippen LogP contribution in [0.25, 0.3) is 0 Å². The molecule has 0 saturated carbocycles. The molecular formula is C10H11F3N2O2. The number of hydrogen-bond donors (Lipinski definition) is 1. The average Bonchev–Trinajstić information content (AvgIpc) is 2.14. The second-order valence-electron chi connectivity index (χ2n) is 3.79. The first-order valence-electron chi connectivity index (χ1n) is 4.66. The van der Waals surface area contributed by atoms with Gasteiger partial charge in [-0.25, -0.2) is 9.78 Å². The highest BCUT2D eigenvalue weighted by atomic mass is 19.4. The number of pyridine rings is 1. The molecular weight excluding hydrogens is 237 g/mol. The van der Waals surface area contributed by atoms with Crippen LogP contribution >= 0.6 is 0 Å². The molecule has 0 spiro atoms. The zero-order valence-corrected chi connectivity index (χ0v) is 9.25. The number of carboxylic acid groups (broad SMARTS) is 1. The normalized spacial score (nSPS) is 11.9. The molecule has 1 heterocycles. The van der Waals surface area contributed by atoms with E-state index in [0.29, 0.717) is 0 Å². The predicted molar refractivity (Wildman–Crippen MR) is 53.6 cm³/mol. The number of hydrogen-bond acceptors (Lipinski definition) is 3. The molecule has 0 unspecified atom stereocenters. The Balaban J connectivity index is 3.24. The van der Waals surface area contributed by atoms with Crippen molar-refractivity contribution < 1.29 is 23.1 Å². The first kappa shape index (κ1) is 13.4. The van der Waals surface area contributed by atoms with E-state index in [1.165, 1.54) is 0 Å². The van der Waals surface area contributed by atoms with Crippen LogP contribution < -0.4 is 0 Å². The number of rotatable bonds is 3. The van der Waals surface area contributed by atoms with Gasteiger partial charge in [-0.3, -0.25) is 0 Å². The first-order chi connectivity index (χ1) is 7.70. The van der Waals surface area contributed by atoms with E-state index in [-0.39, 0.29) is 12.1 Å². The minimum absolute atomic E-state index is 0.214. The second kappa shape index (κ2) is 4.70. The number of nitrogens with zero attached hydrogens (tertiary/aromatic N) is 2. The van der Waals surface area contributed by atoms with Crippen molar-refractivity contribution in [3.8, 4) is 0 Å². The third kappa shape index (κ3) is 3.70. The molecule has 7 heteroatoms. The van der Waals surface area contributed by atoms with Gasteiger partial charge in [0.15, 0.2) is 0 Å². The smallest absolute Gasteiger partial charge is 0.433 e. The Morgan fingerprint density at radius 2 is 2.00 bits per heavy atom. The van der Waals surface area contributed by atoms with Crippen molar-refractivity contribution in [2.45, 2.75) is 12.7 Å². The first-order valence-corrected chi connectivity index (χ1v) is 4.66. The summed E-state index contributed by atoms with van der Waals surface area (Å²) in [5.41, 5.74) is -1.53. The third-order valence-electron chi connectivity index (χ3n) is 1.89. The van der Waals surface area contributed by atoms with E-state index in [2.05, 4.69) is 4.98 Å². The van der Waals surface area contributed by atoms with Gasteiger partial charge in [-0.1, -0.05) is 0 Å². The molecule has 94 valence electrons. The molecule has 0 radical (unpaired) electrons. The van der Waals surface area contributed by atoms with Gasteiger partial charge >= 0.3 is 12.1 Å². The van der Waals surface area contributed by atoms with Gasteiger partial charge in [-0.2, -0.15) is 13.2 Å². The van der Waals surface area contributed by atoms with E-state index in [1.807, 2.05) is 0 Å². The largest absolute Gasteiger partial charge is 0.477 e. The summed E-state index contributed by atoms with van der Waals surface area (Å²) in [6.45, 7) is 0.214. The van der Waals surface area contributed by atoms with Crippen LogP contribution in [0.5, 0.6) is 0 Å². The molecule has 0 saturated heterocycles. The topological polar surface area (TPSA) is 53.4 Å². The predicted octanol–water partition coefficient (Wildman–Crippen LogP) is 1.86. The van der Waals surface area contributed by atoms with Crippen LogP contribution in [0.15, 0.2) is 12.1 Å². The SMILES string of the molecule is CN(C)Cc1cc(C(=O)O)nc(C(F)(F)F)c1. The van der Waals surface area contributed by atoms with Crippen molar-refractivity contribution in [2.75, 3.05) is 14.1 Å². The maximum atomic E-state index is 12.5. The van der Waals surface area contributed by atoms with E-state index in [4.69, 9.17) is 5.11 Å². The number of aromatic carboxylic acids is 1. The minimum Gasteiger partial charge on any atom is -0.477 e. The van der Waals surface area contributed by atoms with Crippen LogP contribution in [-0.4, -0.2) is 35.1 Å². The monoisotopic (exact) mass is 248 g/mol. The zero-order valence-electron chi connectivity index (χ0n) is 9.25. The fraction of sp³-hybridized carbons (Fsp3) is 0.400. The highest BCUT2D eigenvalue weighted by Gasteiger charge is 2.33. The number of carboxylic acids is 1. The molecule has 0 amide bonds. The van der Waals surface area contributed by atoms with Gasteiger partial charge in [0.1, 0.15) is 11.4 Å². The van der Waals surface area contributed by atoms with Crippen LogP contribution in [0, 0.1) is 0 Å². The van der Waals surface area contributed by atoms with Crippen molar-refractivity contribution in [1.29, 1.82) is 0 Å². The van der Waals surface area contributed by atoms with Gasteiger partial charge < -0.3 is 10.0 Å². The Morgan fingerprint density at radius 1 is 1.41 bits per heavy atom. The van der Waals surface area contributed by atoms with Crippen molar-refractivity contribution in [1.82, 2.24) is 9.88 Å². The van der Waals surface area contributed by atoms with Gasteiger partial charge in [-0.05, 0) is 31.8 Å². The average molecular weight is 248 g/mol. The molecule has 0 atom stereocenters. The minimum atomic E-state index is -4.65. The number of carbonyl (C=O) groups is 1. The Morgan fingerprint density at radius 3 is 2.41 bits per heavy atom. The Kier molecular flexibility index (Phi) is 3.72. The maximum Gasteiger partial charge on any atom is 0.433 e. The lowest BCUT2D eigenvalue weighted by Crippen LogP contribution is -2.16. The molecule has 17 heavy (non-hydrogen) atoms. The zero-order chi connectivity index (χ0) is 13.2. The number of halogens is 3. The fourth-order valence-electron chi connectivity index (χ4n) is 1.30. The van der Waals surface area contributed by atoms with Crippen molar-refractivity contribution >= 4 is 5.97 Å². The lowest BCUT2D eigenvalue weighted by Gasteiger charge is -2.13. The van der Waals surface area contributed by atoms with Gasteiger partial charge in [0, 0.05) is 6.54 Å². The molecule has 0 aliphatic rings. The van der Waals surface area contributed by atoms with Gasteiger partial charge in [0.2, 0.25) is 0 Å². The van der Waals surface area contributed by atoms with Crippen LogP contribution in [0.2, 0.25) is 0 Å². The van der Waals surface area contributed by atoms with Crippen molar-refractivity contribution in [3.05, 3.63) is 29.1 Å². The quantitative estimate of drug-likeness (QED) is 0.887. The van der Waals surface area contributed by atoms with Gasteiger partial charge in [0.25, 0.3) is 0 Å². The van der Waals surface area contributed by atoms with Crippen LogP contribution in [0.4, 0.5) is 13.2 Å². The summed E-state index contributed by atoms with van der Waals surface area (Å²) in [4.78, 5) is 15.4. The molecule has 0 bridgehead atoms. The van der Waals surface area contributed by atoms with Gasteiger partial charge in [0.05, 0.1) is 0 Å². The summed E-state index contributed by atoms with van der Waals surface area (Å²) in [7, 11) is 3.35. The lowest BCUT2D eigenvalue weighted by molar-refractivity contribution is -0.141. The van der Waals surface area contributed by atoms with Crippen LogP contribution in [-0.2, 0) is 12.7 Å². The molecule has 0 aliphatic carbocycles. The third-order valence-corrected chi connectivity index (χ3v) is 1.89. The fourth-order valence-corrected chi connectivity index (χ4v) is 1.30. The van der Waals surface area contributed by atoms with Crippen LogP contribution in [0.1, 0.15) is 21.7 Å². The molecule has 1 rings (SSSR count). The van der Waals surface area contributed by atoms with Crippen molar-refractivity contribution in [2.24, 2.45) is 0 Å². The number of alkyl halides is 3. The standard InChI is InChI=1S/C10H11F3N2O2/c1-15(2)5-6-3-7(9(16)17)14-8(4-6)10(11,12)13/h3-4H,5H2,1-2H3,(H,16,17). The molecule has 1 aromatic rings. The molecule has 1 aromatic heterocycles. The molecule has 4 nitrogen and oxygen atoms in total. The second-order valence-corrected chi connectivity index (χ2v) is 3.79. The molecule has 0 fully saturated rings. The highest BCUT2D eigenvalue weighted by Crippen LogP contribution is 2.28. The summed E-state index contributed by atoms with van der Waals surface area (Å²) in [5, 5.41) is 8.69. The van der Waals surface area contributed by atoms with E-state index < -0.39 is 23.5 Å². The summed E-state index contributed by atoms with van der Waals surface area (Å²) in [6.07, 6.45) is -4.65. The molecule has 0 aromatic carbocycles. The Bertz CT molecular complexity index is 430. The summed E-state index contributed by atoms with van der Waals surface area (Å²) in [6, 6.07) is 1.99.